The van der Waals surface area contributed by atoms with Crippen LogP contribution >= 0.6 is 23.4 Å². The highest BCUT2D eigenvalue weighted by molar-refractivity contribution is 8.14. The van der Waals surface area contributed by atoms with Gasteiger partial charge in [-0.25, -0.2) is 4.79 Å². The van der Waals surface area contributed by atoms with Crippen molar-refractivity contribution in [2.45, 2.75) is 36.7 Å². The molecule has 1 aliphatic rings. The molecule has 156 valence electrons. The van der Waals surface area contributed by atoms with Crippen LogP contribution in [0.3, 0.4) is 0 Å². The van der Waals surface area contributed by atoms with Crippen LogP contribution in [0, 0.1) is 10.1 Å². The van der Waals surface area contributed by atoms with Crippen LogP contribution in [0.4, 0.5) is 5.69 Å². The van der Waals surface area contributed by atoms with Crippen molar-refractivity contribution in [3.05, 3.63) is 39.9 Å². The number of halogens is 1. The average Bonchev–Trinajstić information content (AvgIpc) is 2.69. The van der Waals surface area contributed by atoms with Gasteiger partial charge in [-0.2, -0.15) is 0 Å². The van der Waals surface area contributed by atoms with E-state index in [4.69, 9.17) is 16.3 Å². The van der Waals surface area contributed by atoms with Gasteiger partial charge < -0.3 is 14.4 Å². The zero-order chi connectivity index (χ0) is 21.6. The summed E-state index contributed by atoms with van der Waals surface area (Å²) in [6, 6.07) is 5.41. The number of carbonyl (C=O) groups excluding carboxylic acids is 4. The molecule has 1 unspecified atom stereocenters. The van der Waals surface area contributed by atoms with Crippen molar-refractivity contribution in [2.75, 3.05) is 7.11 Å². The highest BCUT2D eigenvalue weighted by Crippen LogP contribution is 2.34. The number of hydrogen-bond donors (Lipinski definition) is 0. The van der Waals surface area contributed by atoms with Crippen molar-refractivity contribution < 1.29 is 33.6 Å². The molecule has 2 atom stereocenters. The van der Waals surface area contributed by atoms with Crippen LogP contribution in [0.5, 0.6) is 0 Å². The highest BCUT2D eigenvalue weighted by Gasteiger charge is 2.45. The molecule has 12 heteroatoms. The van der Waals surface area contributed by atoms with E-state index in [9.17, 15) is 29.3 Å². The van der Waals surface area contributed by atoms with Crippen molar-refractivity contribution in [3.8, 4) is 0 Å². The molecular weight excluding hydrogens is 428 g/mol. The number of ether oxygens (including phenoxy) is 2. The Kier molecular flexibility index (Phi) is 7.97. The van der Waals surface area contributed by atoms with Crippen LogP contribution < -0.4 is 0 Å². The van der Waals surface area contributed by atoms with Gasteiger partial charge >= 0.3 is 11.9 Å². The summed E-state index contributed by atoms with van der Waals surface area (Å²) in [6.45, 7) is -0.183. The zero-order valence-electron chi connectivity index (χ0n) is 15.2. The minimum Gasteiger partial charge on any atom is -0.469 e. The molecule has 1 aromatic carbocycles. The molecule has 0 bridgehead atoms. The quantitative estimate of drug-likeness (QED) is 0.140. The maximum atomic E-state index is 12.1. The SMILES string of the molecule is COC(=O)CCC(=O)S[C@H]1CC(=O)N1C(Cl)C(=O)OCc1ccc([N+](=O)[O-])cc1. The van der Waals surface area contributed by atoms with Crippen LogP contribution in [-0.2, 0) is 35.3 Å². The Bertz CT molecular complexity index is 816. The Morgan fingerprint density at radius 2 is 1.97 bits per heavy atom. The second-order valence-corrected chi connectivity index (χ2v) is 7.54. The number of nitrogens with zero attached hydrogens (tertiary/aromatic N) is 2. The van der Waals surface area contributed by atoms with Gasteiger partial charge in [0.1, 0.15) is 6.61 Å². The van der Waals surface area contributed by atoms with Crippen molar-refractivity contribution in [1.82, 2.24) is 4.90 Å². The molecular formula is C17H17ClN2O8S. The van der Waals surface area contributed by atoms with Crippen LogP contribution in [0.2, 0.25) is 0 Å². The van der Waals surface area contributed by atoms with E-state index < -0.39 is 33.6 Å². The Hall–Kier alpha value is -2.66. The summed E-state index contributed by atoms with van der Waals surface area (Å²) in [4.78, 5) is 58.1. The Morgan fingerprint density at radius 3 is 2.52 bits per heavy atom. The van der Waals surface area contributed by atoms with Gasteiger partial charge in [-0.1, -0.05) is 23.4 Å². The predicted octanol–water partition coefficient (Wildman–Crippen LogP) is 1.97. The van der Waals surface area contributed by atoms with Crippen LogP contribution in [0.1, 0.15) is 24.8 Å². The number of non-ortho nitro benzene ring substituents is 1. The predicted molar refractivity (Wildman–Crippen MR) is 102 cm³/mol. The largest absolute Gasteiger partial charge is 0.469 e. The third kappa shape index (κ3) is 6.16. The second kappa shape index (κ2) is 10.2. The number of alkyl halides is 1. The van der Waals surface area contributed by atoms with Crippen LogP contribution in [0.15, 0.2) is 24.3 Å². The van der Waals surface area contributed by atoms with E-state index in [0.29, 0.717) is 5.56 Å². The summed E-state index contributed by atoms with van der Waals surface area (Å²) in [5.74, 6) is -1.81. The van der Waals surface area contributed by atoms with Gasteiger partial charge in [0.05, 0.1) is 30.2 Å². The number of esters is 2. The van der Waals surface area contributed by atoms with Gasteiger partial charge in [0.25, 0.3) is 5.69 Å². The fraction of sp³-hybridized carbons (Fsp3) is 0.412. The molecule has 1 amide bonds. The van der Waals surface area contributed by atoms with Gasteiger partial charge in [0, 0.05) is 18.6 Å². The number of β-lactam (4-membered cyclic amide) rings is 1. The first-order valence-electron chi connectivity index (χ1n) is 8.34. The molecule has 29 heavy (non-hydrogen) atoms. The van der Waals surface area contributed by atoms with Gasteiger partial charge in [-0.3, -0.25) is 24.5 Å². The molecule has 10 nitrogen and oxygen atoms in total. The van der Waals surface area contributed by atoms with Crippen LogP contribution in [0.25, 0.3) is 0 Å². The van der Waals surface area contributed by atoms with E-state index in [2.05, 4.69) is 4.74 Å². The van der Waals surface area contributed by atoms with Crippen molar-refractivity contribution >= 4 is 52.0 Å². The maximum absolute atomic E-state index is 12.1. The molecule has 2 rings (SSSR count). The molecule has 1 fully saturated rings. The van der Waals surface area contributed by atoms with E-state index in [1.807, 2.05) is 0 Å². The normalized spacial score (nSPS) is 16.6. The molecule has 1 aromatic rings. The lowest BCUT2D eigenvalue weighted by molar-refractivity contribution is -0.384. The molecule has 1 heterocycles. The third-order valence-corrected chi connectivity index (χ3v) is 5.46. The Labute approximate surface area is 174 Å². The van der Waals surface area contributed by atoms with Gasteiger partial charge in [0.15, 0.2) is 5.12 Å². The lowest BCUT2D eigenvalue weighted by Crippen LogP contribution is -2.57. The minimum absolute atomic E-state index is 0.0352. The van der Waals surface area contributed by atoms with Gasteiger partial charge in [-0.05, 0) is 17.7 Å². The maximum Gasteiger partial charge on any atom is 0.345 e. The molecule has 1 aliphatic heterocycles. The Morgan fingerprint density at radius 1 is 1.31 bits per heavy atom. The molecule has 0 saturated carbocycles. The molecule has 0 aromatic heterocycles. The number of nitro benzene ring substituents is 1. The number of methoxy groups -OCH3 is 1. The molecule has 0 aliphatic carbocycles. The number of likely N-dealkylation sites (tertiary alicyclic amines) is 1. The lowest BCUT2D eigenvalue weighted by atomic mass is 10.2. The lowest BCUT2D eigenvalue weighted by Gasteiger charge is -2.41. The van der Waals surface area contributed by atoms with E-state index in [1.54, 1.807) is 0 Å². The van der Waals surface area contributed by atoms with E-state index in [0.717, 1.165) is 16.7 Å². The van der Waals surface area contributed by atoms with Crippen molar-refractivity contribution in [3.63, 3.8) is 0 Å². The second-order valence-electron chi connectivity index (χ2n) is 5.89. The summed E-state index contributed by atoms with van der Waals surface area (Å²) in [7, 11) is 1.21. The monoisotopic (exact) mass is 444 g/mol. The summed E-state index contributed by atoms with van der Waals surface area (Å²) >= 11 is 6.85. The first-order chi connectivity index (χ1) is 13.7. The fourth-order valence-electron chi connectivity index (χ4n) is 2.34. The number of benzene rings is 1. The first-order valence-corrected chi connectivity index (χ1v) is 9.66. The van der Waals surface area contributed by atoms with E-state index in [-0.39, 0.29) is 36.7 Å². The van der Waals surface area contributed by atoms with E-state index >= 15 is 0 Å². The number of thioether (sulfide) groups is 1. The highest BCUT2D eigenvalue weighted by atomic mass is 35.5. The smallest absolute Gasteiger partial charge is 0.345 e. The molecule has 1 saturated heterocycles. The Balaban J connectivity index is 1.85. The number of amides is 1. The van der Waals surface area contributed by atoms with E-state index in [1.165, 1.54) is 31.4 Å². The summed E-state index contributed by atoms with van der Waals surface area (Å²) in [5.41, 5.74) is -1.01. The molecule has 0 spiro atoms. The number of rotatable bonds is 9. The number of carbonyl (C=O) groups is 4. The van der Waals surface area contributed by atoms with Crippen molar-refractivity contribution in [1.29, 1.82) is 0 Å². The van der Waals surface area contributed by atoms with Gasteiger partial charge in [-0.15, -0.1) is 0 Å². The molecule has 0 N–H and O–H groups in total. The standard InChI is InChI=1S/C17H17ClN2O8S/c1-27-14(22)6-7-15(23)29-13-8-12(21)19(13)16(18)17(24)28-9-10-2-4-11(5-3-10)20(25)26/h2-5,13,16H,6-9H2,1H3/t13-,16?/m0/s1. The van der Waals surface area contributed by atoms with Crippen LogP contribution in [-0.4, -0.2) is 50.8 Å². The zero-order valence-corrected chi connectivity index (χ0v) is 16.8. The fourth-order valence-corrected chi connectivity index (χ4v) is 3.82. The summed E-state index contributed by atoms with van der Waals surface area (Å²) < 4.78 is 9.51. The third-order valence-electron chi connectivity index (χ3n) is 3.94. The molecule has 0 radical (unpaired) electrons. The summed E-state index contributed by atoms with van der Waals surface area (Å²) in [5, 5.41) is 9.67. The minimum atomic E-state index is -1.42. The van der Waals surface area contributed by atoms with Crippen molar-refractivity contribution in [2.24, 2.45) is 0 Å². The van der Waals surface area contributed by atoms with Gasteiger partial charge in [0.2, 0.25) is 11.4 Å². The number of nitro groups is 1. The topological polar surface area (TPSA) is 133 Å². The number of hydrogen-bond acceptors (Lipinski definition) is 9. The summed E-state index contributed by atoms with van der Waals surface area (Å²) in [6.07, 6.45) is -0.106. The first kappa shape index (κ1) is 22.6. The average molecular weight is 445 g/mol.